The van der Waals surface area contributed by atoms with Crippen LogP contribution >= 0.6 is 0 Å². The summed E-state index contributed by atoms with van der Waals surface area (Å²) >= 11 is 0. The van der Waals surface area contributed by atoms with Crippen LogP contribution in [0.3, 0.4) is 0 Å². The van der Waals surface area contributed by atoms with Gasteiger partial charge in [-0.3, -0.25) is 4.98 Å². The summed E-state index contributed by atoms with van der Waals surface area (Å²) < 4.78 is 38.5. The van der Waals surface area contributed by atoms with Gasteiger partial charge in [0.15, 0.2) is 0 Å². The summed E-state index contributed by atoms with van der Waals surface area (Å²) in [4.78, 5) is 3.86. The number of benzene rings is 1. The highest BCUT2D eigenvalue weighted by atomic mass is 19.4. The van der Waals surface area contributed by atoms with Gasteiger partial charge in [0.2, 0.25) is 0 Å². The van der Waals surface area contributed by atoms with Crippen LogP contribution in [0.5, 0.6) is 0 Å². The summed E-state index contributed by atoms with van der Waals surface area (Å²) in [6.45, 7) is 1.77. The van der Waals surface area contributed by atoms with Crippen LogP contribution in [-0.2, 0) is 6.18 Å². The van der Waals surface area contributed by atoms with Crippen molar-refractivity contribution in [1.82, 2.24) is 4.98 Å². The van der Waals surface area contributed by atoms with E-state index in [-0.39, 0.29) is 5.69 Å². The highest BCUT2D eigenvalue weighted by Gasteiger charge is 2.34. The molecular weight excluding hydrogens is 227 g/mol. The Morgan fingerprint density at radius 1 is 1.00 bits per heavy atom. The average Bonchev–Trinajstić information content (AvgIpc) is 2.28. The van der Waals surface area contributed by atoms with Crippen molar-refractivity contribution in [3.8, 4) is 11.3 Å². The largest absolute Gasteiger partial charge is 0.418 e. The fraction of sp³-hybridized carbons (Fsp3) is 0.154. The number of nitrogens with zero attached hydrogens (tertiary/aromatic N) is 1. The lowest BCUT2D eigenvalue weighted by Gasteiger charge is -2.13. The molecule has 1 aromatic carbocycles. The Balaban J connectivity index is 2.65. The van der Waals surface area contributed by atoms with Gasteiger partial charge in [-0.2, -0.15) is 13.2 Å². The van der Waals surface area contributed by atoms with Crippen LogP contribution in [0.25, 0.3) is 11.3 Å². The Kier molecular flexibility index (Phi) is 2.88. The second kappa shape index (κ2) is 4.20. The summed E-state index contributed by atoms with van der Waals surface area (Å²) in [6.07, 6.45) is -3.01. The van der Waals surface area contributed by atoms with Gasteiger partial charge in [0.25, 0.3) is 0 Å². The molecule has 1 heterocycles. The molecule has 0 atom stereocenters. The fourth-order valence-electron chi connectivity index (χ4n) is 1.69. The van der Waals surface area contributed by atoms with Crippen molar-refractivity contribution in [3.63, 3.8) is 0 Å². The second-order valence-electron chi connectivity index (χ2n) is 3.71. The molecule has 0 saturated heterocycles. The predicted molar refractivity (Wildman–Crippen MR) is 59.4 cm³/mol. The van der Waals surface area contributed by atoms with Gasteiger partial charge in [-0.15, -0.1) is 0 Å². The van der Waals surface area contributed by atoms with Crippen LogP contribution in [0.4, 0.5) is 13.2 Å². The monoisotopic (exact) mass is 237 g/mol. The first-order valence-electron chi connectivity index (χ1n) is 5.08. The standard InChI is InChI=1S/C13H10F3N/c1-9-5-2-3-6-10(9)12-11(13(14,15)16)7-4-8-17-12/h2-8H,1H3. The number of pyridine rings is 1. The quantitative estimate of drug-likeness (QED) is 0.728. The molecular formula is C13H10F3N. The maximum absolute atomic E-state index is 12.8. The van der Waals surface area contributed by atoms with E-state index in [0.717, 1.165) is 11.6 Å². The Morgan fingerprint density at radius 2 is 1.71 bits per heavy atom. The van der Waals surface area contributed by atoms with Gasteiger partial charge < -0.3 is 0 Å². The van der Waals surface area contributed by atoms with Gasteiger partial charge in [0, 0.05) is 11.8 Å². The molecule has 0 spiro atoms. The first-order valence-corrected chi connectivity index (χ1v) is 5.08. The first kappa shape index (κ1) is 11.6. The molecule has 1 nitrogen and oxygen atoms in total. The molecule has 0 aliphatic heterocycles. The summed E-state index contributed by atoms with van der Waals surface area (Å²) in [6, 6.07) is 9.25. The van der Waals surface area contributed by atoms with Crippen LogP contribution < -0.4 is 0 Å². The topological polar surface area (TPSA) is 12.9 Å². The minimum absolute atomic E-state index is 0.0156. The molecule has 0 aliphatic rings. The van der Waals surface area contributed by atoms with Crippen LogP contribution in [0, 0.1) is 6.92 Å². The van der Waals surface area contributed by atoms with Crippen molar-refractivity contribution in [2.24, 2.45) is 0 Å². The van der Waals surface area contributed by atoms with Gasteiger partial charge in [0.1, 0.15) is 0 Å². The van der Waals surface area contributed by atoms with Gasteiger partial charge in [-0.05, 0) is 24.6 Å². The van der Waals surface area contributed by atoms with E-state index in [2.05, 4.69) is 4.98 Å². The van der Waals surface area contributed by atoms with Crippen molar-refractivity contribution in [2.75, 3.05) is 0 Å². The van der Waals surface area contributed by atoms with E-state index >= 15 is 0 Å². The Labute approximate surface area is 96.9 Å². The highest BCUT2D eigenvalue weighted by Crippen LogP contribution is 2.36. The zero-order valence-electron chi connectivity index (χ0n) is 9.12. The molecule has 0 saturated carbocycles. The van der Waals surface area contributed by atoms with E-state index in [4.69, 9.17) is 0 Å². The van der Waals surface area contributed by atoms with Crippen LogP contribution in [0.2, 0.25) is 0 Å². The third kappa shape index (κ3) is 2.30. The van der Waals surface area contributed by atoms with E-state index in [1.165, 1.54) is 12.3 Å². The van der Waals surface area contributed by atoms with Gasteiger partial charge in [0.05, 0.1) is 11.3 Å². The lowest BCUT2D eigenvalue weighted by atomic mass is 10.0. The van der Waals surface area contributed by atoms with Crippen molar-refractivity contribution < 1.29 is 13.2 Å². The molecule has 4 heteroatoms. The maximum atomic E-state index is 12.8. The lowest BCUT2D eigenvalue weighted by molar-refractivity contribution is -0.137. The summed E-state index contributed by atoms with van der Waals surface area (Å²) in [5, 5.41) is 0. The molecule has 0 amide bonds. The molecule has 0 fully saturated rings. The maximum Gasteiger partial charge on any atom is 0.418 e. The number of hydrogen-bond acceptors (Lipinski definition) is 1. The van der Waals surface area contributed by atoms with Gasteiger partial charge in [-0.25, -0.2) is 0 Å². The fourth-order valence-corrected chi connectivity index (χ4v) is 1.69. The van der Waals surface area contributed by atoms with Gasteiger partial charge >= 0.3 is 6.18 Å². The molecule has 0 bridgehead atoms. The number of alkyl halides is 3. The summed E-state index contributed by atoms with van der Waals surface area (Å²) in [5.74, 6) is 0. The highest BCUT2D eigenvalue weighted by molar-refractivity contribution is 5.67. The van der Waals surface area contributed by atoms with Gasteiger partial charge in [-0.1, -0.05) is 24.3 Å². The smallest absolute Gasteiger partial charge is 0.256 e. The number of rotatable bonds is 1. The molecule has 0 aliphatic carbocycles. The molecule has 1 aromatic heterocycles. The minimum atomic E-state index is -4.38. The third-order valence-electron chi connectivity index (χ3n) is 2.51. The van der Waals surface area contributed by atoms with E-state index in [1.54, 1.807) is 31.2 Å². The van der Waals surface area contributed by atoms with Crippen LogP contribution in [-0.4, -0.2) is 4.98 Å². The van der Waals surface area contributed by atoms with Crippen molar-refractivity contribution in [2.45, 2.75) is 13.1 Å². The van der Waals surface area contributed by atoms with Crippen LogP contribution in [0.15, 0.2) is 42.6 Å². The van der Waals surface area contributed by atoms with E-state index < -0.39 is 11.7 Å². The minimum Gasteiger partial charge on any atom is -0.256 e. The second-order valence-corrected chi connectivity index (χ2v) is 3.71. The third-order valence-corrected chi connectivity index (χ3v) is 2.51. The molecule has 17 heavy (non-hydrogen) atoms. The Hall–Kier alpha value is -1.84. The first-order chi connectivity index (χ1) is 8.00. The van der Waals surface area contributed by atoms with Crippen LogP contribution in [0.1, 0.15) is 11.1 Å². The number of halogens is 3. The summed E-state index contributed by atoms with van der Waals surface area (Å²) in [5.41, 5.74) is 0.574. The van der Waals surface area contributed by atoms with Crippen molar-refractivity contribution >= 4 is 0 Å². The number of aromatic nitrogens is 1. The van der Waals surface area contributed by atoms with Crippen molar-refractivity contribution in [1.29, 1.82) is 0 Å². The molecule has 0 unspecified atom stereocenters. The SMILES string of the molecule is Cc1ccccc1-c1ncccc1C(F)(F)F. The molecule has 0 N–H and O–H groups in total. The zero-order chi connectivity index (χ0) is 12.5. The summed E-state index contributed by atoms with van der Waals surface area (Å²) in [7, 11) is 0. The molecule has 0 radical (unpaired) electrons. The molecule has 88 valence electrons. The van der Waals surface area contributed by atoms with E-state index in [9.17, 15) is 13.2 Å². The molecule has 2 aromatic rings. The number of hydrogen-bond donors (Lipinski definition) is 0. The predicted octanol–water partition coefficient (Wildman–Crippen LogP) is 4.08. The Bertz CT molecular complexity index is 532. The number of aryl methyl sites for hydroxylation is 1. The van der Waals surface area contributed by atoms with E-state index in [0.29, 0.717) is 5.56 Å². The van der Waals surface area contributed by atoms with Crippen molar-refractivity contribution in [3.05, 3.63) is 53.7 Å². The molecule has 2 rings (SSSR count). The lowest BCUT2D eigenvalue weighted by Crippen LogP contribution is -2.08. The normalized spacial score (nSPS) is 11.5. The zero-order valence-corrected chi connectivity index (χ0v) is 9.12. The average molecular weight is 237 g/mol. The Morgan fingerprint density at radius 3 is 2.35 bits per heavy atom. The van der Waals surface area contributed by atoms with E-state index in [1.807, 2.05) is 0 Å².